The maximum atomic E-state index is 11.4. The molecule has 0 atom stereocenters. The normalized spacial score (nSPS) is 11.0. The van der Waals surface area contributed by atoms with Crippen molar-refractivity contribution in [3.8, 4) is 0 Å². The van der Waals surface area contributed by atoms with E-state index in [1.165, 1.54) is 37.6 Å². The highest BCUT2D eigenvalue weighted by molar-refractivity contribution is 5.76. The number of amides is 1. The first kappa shape index (κ1) is 17.5. The van der Waals surface area contributed by atoms with Gasteiger partial charge in [-0.15, -0.1) is 0 Å². The zero-order valence-corrected chi connectivity index (χ0v) is 14.5. The fourth-order valence-corrected chi connectivity index (χ4v) is 2.88. The minimum absolute atomic E-state index is 0.104. The molecule has 0 saturated heterocycles. The van der Waals surface area contributed by atoms with Crippen LogP contribution < -0.4 is 5.32 Å². The quantitative estimate of drug-likeness (QED) is 0.672. The van der Waals surface area contributed by atoms with Crippen LogP contribution in [-0.4, -0.2) is 22.0 Å². The first-order valence-electron chi connectivity index (χ1n) is 8.97. The van der Waals surface area contributed by atoms with Gasteiger partial charge in [-0.2, -0.15) is 0 Å². The number of hydrogen-bond donors (Lipinski definition) is 1. The van der Waals surface area contributed by atoms with Gasteiger partial charge in [-0.05, 0) is 18.6 Å². The van der Waals surface area contributed by atoms with Gasteiger partial charge in [0.2, 0.25) is 5.91 Å². The predicted molar refractivity (Wildman–Crippen MR) is 95.5 cm³/mol. The lowest BCUT2D eigenvalue weighted by Crippen LogP contribution is -2.25. The van der Waals surface area contributed by atoms with Gasteiger partial charge in [-0.25, -0.2) is 4.98 Å². The molecule has 0 bridgehead atoms. The van der Waals surface area contributed by atoms with Gasteiger partial charge >= 0.3 is 0 Å². The molecule has 1 amide bonds. The summed E-state index contributed by atoms with van der Waals surface area (Å²) in [5.74, 6) is 1.19. The Kier molecular flexibility index (Phi) is 7.11. The summed E-state index contributed by atoms with van der Waals surface area (Å²) in [4.78, 5) is 16.2. The molecule has 0 unspecified atom stereocenters. The summed E-state index contributed by atoms with van der Waals surface area (Å²) in [5, 5.41) is 2.94. The Hall–Kier alpha value is -1.84. The van der Waals surface area contributed by atoms with Crippen molar-refractivity contribution < 1.29 is 4.79 Å². The molecule has 0 radical (unpaired) electrons. The number of carbonyl (C=O) groups excluding carboxylic acids is 1. The van der Waals surface area contributed by atoms with Crippen molar-refractivity contribution >= 4 is 16.9 Å². The number of aromatic nitrogens is 2. The number of fused-ring (bicyclic) bond motifs is 1. The Bertz CT molecular complexity index is 618. The molecule has 2 rings (SSSR count). The van der Waals surface area contributed by atoms with Gasteiger partial charge < -0.3 is 9.88 Å². The second-order valence-corrected chi connectivity index (χ2v) is 6.04. The number of rotatable bonds is 10. The van der Waals surface area contributed by atoms with Gasteiger partial charge in [0.15, 0.2) is 0 Å². The highest BCUT2D eigenvalue weighted by Gasteiger charge is 2.10. The van der Waals surface area contributed by atoms with E-state index in [0.29, 0.717) is 13.0 Å². The van der Waals surface area contributed by atoms with Gasteiger partial charge in [-0.1, -0.05) is 51.7 Å². The van der Waals surface area contributed by atoms with E-state index in [4.69, 9.17) is 4.98 Å². The predicted octanol–water partition coefficient (Wildman–Crippen LogP) is 4.08. The molecule has 126 valence electrons. The van der Waals surface area contributed by atoms with Gasteiger partial charge in [0, 0.05) is 25.9 Å². The molecule has 2 aromatic rings. The number of nitrogens with one attached hydrogen (secondary N) is 1. The Morgan fingerprint density at radius 1 is 1.13 bits per heavy atom. The van der Waals surface area contributed by atoms with Crippen molar-refractivity contribution in [1.29, 1.82) is 0 Å². The van der Waals surface area contributed by atoms with Crippen molar-refractivity contribution in [2.24, 2.45) is 0 Å². The molecule has 4 nitrogen and oxygen atoms in total. The molecule has 0 spiro atoms. The van der Waals surface area contributed by atoms with E-state index in [0.717, 1.165) is 24.3 Å². The largest absolute Gasteiger partial charge is 0.356 e. The molecular weight excluding hydrogens is 286 g/mol. The van der Waals surface area contributed by atoms with Crippen molar-refractivity contribution in [3.05, 3.63) is 30.1 Å². The summed E-state index contributed by atoms with van der Waals surface area (Å²) >= 11 is 0. The lowest BCUT2D eigenvalue weighted by molar-refractivity contribution is -0.120. The number of unbranched alkanes of at least 4 members (excludes halogenated alkanes) is 4. The van der Waals surface area contributed by atoms with Crippen LogP contribution in [-0.2, 0) is 17.8 Å². The Labute approximate surface area is 139 Å². The number of hydrogen-bond acceptors (Lipinski definition) is 2. The molecule has 0 fully saturated rings. The Balaban J connectivity index is 2.02. The Morgan fingerprint density at radius 2 is 1.91 bits per heavy atom. The van der Waals surface area contributed by atoms with Crippen LogP contribution in [0.2, 0.25) is 0 Å². The SMILES string of the molecule is CCCCCCCn1c(CCNC(=O)CC)nc2ccccc21. The van der Waals surface area contributed by atoms with Crippen LogP contribution in [0.4, 0.5) is 0 Å². The van der Waals surface area contributed by atoms with Crippen molar-refractivity contribution in [1.82, 2.24) is 14.9 Å². The monoisotopic (exact) mass is 315 g/mol. The summed E-state index contributed by atoms with van der Waals surface area (Å²) in [6, 6.07) is 8.31. The molecule has 0 saturated carbocycles. The number of para-hydroxylation sites is 2. The zero-order valence-electron chi connectivity index (χ0n) is 14.5. The minimum atomic E-state index is 0.104. The van der Waals surface area contributed by atoms with Gasteiger partial charge in [-0.3, -0.25) is 4.79 Å². The Morgan fingerprint density at radius 3 is 2.70 bits per heavy atom. The van der Waals surface area contributed by atoms with E-state index in [2.05, 4.69) is 35.0 Å². The molecule has 1 heterocycles. The van der Waals surface area contributed by atoms with Gasteiger partial charge in [0.1, 0.15) is 5.82 Å². The summed E-state index contributed by atoms with van der Waals surface area (Å²) in [5.41, 5.74) is 2.26. The van der Waals surface area contributed by atoms with Crippen molar-refractivity contribution in [2.45, 2.75) is 65.3 Å². The van der Waals surface area contributed by atoms with Crippen LogP contribution in [0.25, 0.3) is 11.0 Å². The summed E-state index contributed by atoms with van der Waals surface area (Å²) in [6.45, 7) is 5.79. The fraction of sp³-hybridized carbons (Fsp3) is 0.579. The van der Waals surface area contributed by atoms with Crippen LogP contribution >= 0.6 is 0 Å². The summed E-state index contributed by atoms with van der Waals surface area (Å²) in [6.07, 6.45) is 7.69. The lowest BCUT2D eigenvalue weighted by atomic mass is 10.1. The van der Waals surface area contributed by atoms with Crippen LogP contribution in [0.15, 0.2) is 24.3 Å². The average molecular weight is 315 g/mol. The number of aryl methyl sites for hydroxylation is 1. The van der Waals surface area contributed by atoms with E-state index < -0.39 is 0 Å². The zero-order chi connectivity index (χ0) is 16.5. The average Bonchev–Trinajstić information content (AvgIpc) is 2.92. The van der Waals surface area contributed by atoms with Crippen LogP contribution in [0.5, 0.6) is 0 Å². The van der Waals surface area contributed by atoms with E-state index in [1.807, 2.05) is 13.0 Å². The summed E-state index contributed by atoms with van der Waals surface area (Å²) in [7, 11) is 0. The van der Waals surface area contributed by atoms with Gasteiger partial charge in [0.05, 0.1) is 11.0 Å². The molecule has 0 aliphatic rings. The molecule has 1 N–H and O–H groups in total. The first-order chi connectivity index (χ1) is 11.3. The van der Waals surface area contributed by atoms with E-state index in [-0.39, 0.29) is 5.91 Å². The van der Waals surface area contributed by atoms with Crippen LogP contribution in [0, 0.1) is 0 Å². The number of benzene rings is 1. The highest BCUT2D eigenvalue weighted by Crippen LogP contribution is 2.18. The number of nitrogens with zero attached hydrogens (tertiary/aromatic N) is 2. The fourth-order valence-electron chi connectivity index (χ4n) is 2.88. The third kappa shape index (κ3) is 5.08. The topological polar surface area (TPSA) is 46.9 Å². The minimum Gasteiger partial charge on any atom is -0.356 e. The van der Waals surface area contributed by atoms with Crippen molar-refractivity contribution in [2.75, 3.05) is 6.54 Å². The maximum Gasteiger partial charge on any atom is 0.219 e. The number of carbonyl (C=O) groups is 1. The molecule has 0 aliphatic heterocycles. The van der Waals surface area contributed by atoms with Crippen molar-refractivity contribution in [3.63, 3.8) is 0 Å². The van der Waals surface area contributed by atoms with Gasteiger partial charge in [0.25, 0.3) is 0 Å². The molecular formula is C19H29N3O. The third-order valence-electron chi connectivity index (χ3n) is 4.21. The van der Waals surface area contributed by atoms with E-state index in [1.54, 1.807) is 0 Å². The summed E-state index contributed by atoms with van der Waals surface area (Å²) < 4.78 is 2.33. The van der Waals surface area contributed by atoms with E-state index >= 15 is 0 Å². The molecule has 23 heavy (non-hydrogen) atoms. The van der Waals surface area contributed by atoms with Crippen LogP contribution in [0.3, 0.4) is 0 Å². The highest BCUT2D eigenvalue weighted by atomic mass is 16.1. The van der Waals surface area contributed by atoms with Crippen LogP contribution in [0.1, 0.15) is 58.2 Å². The standard InChI is InChI=1S/C19H29N3O/c1-3-5-6-7-10-15-22-17-12-9-8-11-16(17)21-18(22)13-14-20-19(23)4-2/h8-9,11-12H,3-7,10,13-15H2,1-2H3,(H,20,23). The molecule has 4 heteroatoms. The maximum absolute atomic E-state index is 11.4. The number of imidazole rings is 1. The second-order valence-electron chi connectivity index (χ2n) is 6.04. The smallest absolute Gasteiger partial charge is 0.219 e. The molecule has 0 aliphatic carbocycles. The lowest BCUT2D eigenvalue weighted by Gasteiger charge is -2.10. The second kappa shape index (κ2) is 9.33. The first-order valence-corrected chi connectivity index (χ1v) is 8.97. The molecule has 1 aromatic heterocycles. The van der Waals surface area contributed by atoms with E-state index in [9.17, 15) is 4.79 Å². The molecule has 1 aromatic carbocycles. The third-order valence-corrected chi connectivity index (χ3v) is 4.21.